The zero-order valence-corrected chi connectivity index (χ0v) is 20.1. The third-order valence-corrected chi connectivity index (χ3v) is 6.03. The Bertz CT molecular complexity index is 809. The molecule has 32 heavy (non-hydrogen) atoms. The Morgan fingerprint density at radius 3 is 2.34 bits per heavy atom. The highest BCUT2D eigenvalue weighted by atomic mass is 31.2. The molecule has 0 aliphatic rings. The van der Waals surface area contributed by atoms with Crippen LogP contribution in [-0.2, 0) is 17.7 Å². The third kappa shape index (κ3) is 11.7. The standard InChI is InChI=1S/C25H38NO5P/c1-2-3-4-5-6-10-17-30-24-15-14-23(20-26-16-11-18-32(27,28)29)19-25(24)31-21-22-12-8-7-9-13-22/h7-9,12-15,19,26H,2-6,10-11,16-18,20-21H2,1H3,(H2,27,28,29). The molecule has 0 amide bonds. The van der Waals surface area contributed by atoms with Gasteiger partial charge in [0.1, 0.15) is 6.61 Å². The molecule has 0 saturated heterocycles. The maximum atomic E-state index is 10.9. The number of rotatable bonds is 17. The van der Waals surface area contributed by atoms with Gasteiger partial charge in [-0.1, -0.05) is 75.4 Å². The molecule has 178 valence electrons. The van der Waals surface area contributed by atoms with Crippen molar-refractivity contribution >= 4 is 7.60 Å². The Morgan fingerprint density at radius 2 is 1.59 bits per heavy atom. The minimum Gasteiger partial charge on any atom is -0.490 e. The van der Waals surface area contributed by atoms with Gasteiger partial charge in [0, 0.05) is 6.54 Å². The van der Waals surface area contributed by atoms with Crippen LogP contribution < -0.4 is 14.8 Å². The molecule has 2 aromatic carbocycles. The Labute approximate surface area is 192 Å². The Balaban J connectivity index is 1.89. The summed E-state index contributed by atoms with van der Waals surface area (Å²) >= 11 is 0. The van der Waals surface area contributed by atoms with Gasteiger partial charge >= 0.3 is 7.60 Å². The van der Waals surface area contributed by atoms with E-state index in [1.54, 1.807) is 0 Å². The van der Waals surface area contributed by atoms with Crippen molar-refractivity contribution in [2.45, 2.75) is 65.0 Å². The van der Waals surface area contributed by atoms with E-state index in [2.05, 4.69) is 12.2 Å². The second-order valence-electron chi connectivity index (χ2n) is 8.09. The molecular weight excluding hydrogens is 425 g/mol. The minimum absolute atomic E-state index is 0.101. The zero-order chi connectivity index (χ0) is 23.1. The lowest BCUT2D eigenvalue weighted by Gasteiger charge is -2.15. The van der Waals surface area contributed by atoms with E-state index in [1.807, 2.05) is 48.5 Å². The van der Waals surface area contributed by atoms with Crippen molar-refractivity contribution in [3.8, 4) is 11.5 Å². The molecule has 0 atom stereocenters. The van der Waals surface area contributed by atoms with Crippen molar-refractivity contribution < 1.29 is 23.8 Å². The van der Waals surface area contributed by atoms with Crippen LogP contribution in [0.25, 0.3) is 0 Å². The summed E-state index contributed by atoms with van der Waals surface area (Å²) in [6.07, 6.45) is 7.63. The molecule has 3 N–H and O–H groups in total. The molecule has 2 rings (SSSR count). The van der Waals surface area contributed by atoms with Gasteiger partial charge in [-0.15, -0.1) is 0 Å². The minimum atomic E-state index is -3.93. The molecule has 0 heterocycles. The summed E-state index contributed by atoms with van der Waals surface area (Å²) in [5, 5.41) is 3.23. The molecule has 0 aromatic heterocycles. The first-order chi connectivity index (χ1) is 15.5. The Kier molecular flexibility index (Phi) is 12.4. The molecule has 0 spiro atoms. The topological polar surface area (TPSA) is 88.0 Å². The van der Waals surface area contributed by atoms with Crippen LogP contribution >= 0.6 is 7.60 Å². The molecule has 0 aliphatic carbocycles. The predicted octanol–water partition coefficient (Wildman–Crippen LogP) is 5.66. The summed E-state index contributed by atoms with van der Waals surface area (Å²) in [4.78, 5) is 17.9. The first kappa shape index (κ1) is 26.4. The summed E-state index contributed by atoms with van der Waals surface area (Å²) in [7, 11) is -3.93. The van der Waals surface area contributed by atoms with Gasteiger partial charge in [-0.3, -0.25) is 4.57 Å². The van der Waals surface area contributed by atoms with Gasteiger partial charge in [0.15, 0.2) is 11.5 Å². The quantitative estimate of drug-likeness (QED) is 0.207. The highest BCUT2D eigenvalue weighted by molar-refractivity contribution is 7.51. The van der Waals surface area contributed by atoms with Gasteiger partial charge in [-0.05, 0) is 42.6 Å². The van der Waals surface area contributed by atoms with Gasteiger partial charge in [0.2, 0.25) is 0 Å². The normalized spacial score (nSPS) is 11.5. The van der Waals surface area contributed by atoms with Crippen LogP contribution in [0.5, 0.6) is 11.5 Å². The van der Waals surface area contributed by atoms with E-state index in [9.17, 15) is 4.57 Å². The van der Waals surface area contributed by atoms with Crippen molar-refractivity contribution in [1.29, 1.82) is 0 Å². The molecule has 0 saturated carbocycles. The Hall–Kier alpha value is -1.85. The van der Waals surface area contributed by atoms with Crippen LogP contribution in [0.1, 0.15) is 63.0 Å². The SMILES string of the molecule is CCCCCCCCOc1ccc(CNCCCP(=O)(O)O)cc1OCc1ccccc1. The predicted molar refractivity (Wildman–Crippen MR) is 129 cm³/mol. The van der Waals surface area contributed by atoms with Gasteiger partial charge in [-0.2, -0.15) is 0 Å². The summed E-state index contributed by atoms with van der Waals surface area (Å²) < 4.78 is 23.1. The average Bonchev–Trinajstić information content (AvgIpc) is 2.77. The molecular formula is C25H38NO5P. The van der Waals surface area contributed by atoms with Gasteiger partial charge in [0.25, 0.3) is 0 Å². The van der Waals surface area contributed by atoms with Crippen molar-refractivity contribution in [3.63, 3.8) is 0 Å². The first-order valence-electron chi connectivity index (χ1n) is 11.7. The lowest BCUT2D eigenvalue weighted by molar-refractivity contribution is 0.257. The molecule has 6 nitrogen and oxygen atoms in total. The highest BCUT2D eigenvalue weighted by Crippen LogP contribution is 2.34. The van der Waals surface area contributed by atoms with Crippen LogP contribution in [0.3, 0.4) is 0 Å². The maximum Gasteiger partial charge on any atom is 0.325 e. The van der Waals surface area contributed by atoms with E-state index in [1.165, 1.54) is 32.1 Å². The largest absolute Gasteiger partial charge is 0.490 e. The highest BCUT2D eigenvalue weighted by Gasteiger charge is 2.11. The maximum absolute atomic E-state index is 10.9. The lowest BCUT2D eigenvalue weighted by Crippen LogP contribution is -2.16. The molecule has 0 fully saturated rings. The molecule has 2 aromatic rings. The number of unbranched alkanes of at least 4 members (excludes halogenated alkanes) is 5. The summed E-state index contributed by atoms with van der Waals surface area (Å²) in [6, 6.07) is 16.0. The van der Waals surface area contributed by atoms with E-state index in [4.69, 9.17) is 19.3 Å². The molecule has 7 heteroatoms. The zero-order valence-electron chi connectivity index (χ0n) is 19.2. The van der Waals surface area contributed by atoms with E-state index in [-0.39, 0.29) is 6.16 Å². The van der Waals surface area contributed by atoms with E-state index < -0.39 is 7.60 Å². The van der Waals surface area contributed by atoms with Crippen LogP contribution in [0, 0.1) is 0 Å². The molecule has 0 bridgehead atoms. The van der Waals surface area contributed by atoms with Crippen LogP contribution in [-0.4, -0.2) is 29.1 Å². The number of nitrogens with one attached hydrogen (secondary N) is 1. The van der Waals surface area contributed by atoms with Crippen LogP contribution in [0.4, 0.5) is 0 Å². The van der Waals surface area contributed by atoms with Crippen LogP contribution in [0.15, 0.2) is 48.5 Å². The number of hydrogen-bond donors (Lipinski definition) is 3. The second kappa shape index (κ2) is 15.1. The van der Waals surface area contributed by atoms with E-state index >= 15 is 0 Å². The van der Waals surface area contributed by atoms with Crippen LogP contribution in [0.2, 0.25) is 0 Å². The van der Waals surface area contributed by atoms with Crippen molar-refractivity contribution in [2.24, 2.45) is 0 Å². The average molecular weight is 464 g/mol. The summed E-state index contributed by atoms with van der Waals surface area (Å²) in [5.41, 5.74) is 2.13. The molecule has 0 radical (unpaired) electrons. The van der Waals surface area contributed by atoms with Crippen molar-refractivity contribution in [2.75, 3.05) is 19.3 Å². The molecule has 0 aliphatic heterocycles. The number of ether oxygens (including phenoxy) is 2. The van der Waals surface area contributed by atoms with Crippen molar-refractivity contribution in [3.05, 3.63) is 59.7 Å². The fraction of sp³-hybridized carbons (Fsp3) is 0.520. The summed E-state index contributed by atoms with van der Waals surface area (Å²) in [5.74, 6) is 1.47. The number of benzene rings is 2. The monoisotopic (exact) mass is 463 g/mol. The van der Waals surface area contributed by atoms with E-state index in [0.29, 0.717) is 38.5 Å². The first-order valence-corrected chi connectivity index (χ1v) is 13.5. The fourth-order valence-corrected chi connectivity index (χ4v) is 3.91. The summed E-state index contributed by atoms with van der Waals surface area (Å²) in [6.45, 7) is 4.50. The third-order valence-electron chi connectivity index (χ3n) is 5.13. The smallest absolute Gasteiger partial charge is 0.325 e. The second-order valence-corrected chi connectivity index (χ2v) is 9.87. The van der Waals surface area contributed by atoms with Crippen molar-refractivity contribution in [1.82, 2.24) is 5.32 Å². The Morgan fingerprint density at radius 1 is 0.844 bits per heavy atom. The van der Waals surface area contributed by atoms with Gasteiger partial charge in [0.05, 0.1) is 12.8 Å². The van der Waals surface area contributed by atoms with Gasteiger partial charge in [-0.25, -0.2) is 0 Å². The fourth-order valence-electron chi connectivity index (χ4n) is 3.34. The van der Waals surface area contributed by atoms with E-state index in [0.717, 1.165) is 23.3 Å². The number of hydrogen-bond acceptors (Lipinski definition) is 4. The molecule has 0 unspecified atom stereocenters. The lowest BCUT2D eigenvalue weighted by atomic mass is 10.1. The van der Waals surface area contributed by atoms with Gasteiger partial charge < -0.3 is 24.6 Å².